The van der Waals surface area contributed by atoms with Gasteiger partial charge in [-0.1, -0.05) is 0 Å². The molecule has 0 spiro atoms. The number of hydrogen-bond donors (Lipinski definition) is 0. The Labute approximate surface area is 112 Å². The van der Waals surface area contributed by atoms with Crippen molar-refractivity contribution in [3.8, 4) is 5.75 Å². The number of carbonyl (C=O) groups is 1. The Kier molecular flexibility index (Phi) is 4.50. The summed E-state index contributed by atoms with van der Waals surface area (Å²) < 4.78 is 16.2. The van der Waals surface area contributed by atoms with Crippen LogP contribution in [0.4, 0.5) is 0 Å². The van der Waals surface area contributed by atoms with E-state index in [1.165, 1.54) is 0 Å². The Bertz CT molecular complexity index is 441. The second kappa shape index (κ2) is 6.12. The van der Waals surface area contributed by atoms with E-state index in [1.807, 2.05) is 6.92 Å². The third-order valence-electron chi connectivity index (χ3n) is 3.39. The molecule has 0 bridgehead atoms. The topological polar surface area (TPSA) is 57.7 Å². The molecule has 104 valence electrons. The van der Waals surface area contributed by atoms with Crippen LogP contribution in [0.15, 0.2) is 18.5 Å². The number of nitrogens with zero attached hydrogens (tertiary/aromatic N) is 1. The molecule has 0 aromatic carbocycles. The Morgan fingerprint density at radius 1 is 1.42 bits per heavy atom. The van der Waals surface area contributed by atoms with Crippen molar-refractivity contribution in [3.63, 3.8) is 0 Å². The fourth-order valence-corrected chi connectivity index (χ4v) is 2.28. The first-order chi connectivity index (χ1) is 9.22. The van der Waals surface area contributed by atoms with E-state index in [0.29, 0.717) is 44.0 Å². The lowest BCUT2D eigenvalue weighted by molar-refractivity contribution is -0.0663. The first kappa shape index (κ1) is 14.0. The second-order valence-corrected chi connectivity index (χ2v) is 4.48. The number of Topliss-reactive ketones (excluding diaryl/α,β-unsaturated/α-hetero) is 1. The Morgan fingerprint density at radius 3 is 2.79 bits per heavy atom. The van der Waals surface area contributed by atoms with Gasteiger partial charge in [-0.05, 0) is 13.0 Å². The molecule has 5 heteroatoms. The summed E-state index contributed by atoms with van der Waals surface area (Å²) in [4.78, 5) is 16.7. The normalized spacial score (nSPS) is 18.0. The SMILES string of the molecule is CCOc1cncc(C(=O)C2(OC)CCOCC2)c1. The largest absolute Gasteiger partial charge is 0.492 e. The van der Waals surface area contributed by atoms with Crippen molar-refractivity contribution in [2.75, 3.05) is 26.9 Å². The van der Waals surface area contributed by atoms with Crippen LogP contribution in [0.1, 0.15) is 30.1 Å². The molecule has 0 atom stereocenters. The predicted molar refractivity (Wildman–Crippen MR) is 69.5 cm³/mol. The summed E-state index contributed by atoms with van der Waals surface area (Å²) in [5.74, 6) is 0.555. The van der Waals surface area contributed by atoms with E-state index in [9.17, 15) is 4.79 Å². The fourth-order valence-electron chi connectivity index (χ4n) is 2.28. The van der Waals surface area contributed by atoms with E-state index in [1.54, 1.807) is 25.6 Å². The van der Waals surface area contributed by atoms with Crippen molar-refractivity contribution >= 4 is 5.78 Å². The Morgan fingerprint density at radius 2 is 2.16 bits per heavy atom. The smallest absolute Gasteiger partial charge is 0.196 e. The van der Waals surface area contributed by atoms with Gasteiger partial charge >= 0.3 is 0 Å². The lowest BCUT2D eigenvalue weighted by Crippen LogP contribution is -2.45. The van der Waals surface area contributed by atoms with Gasteiger partial charge in [-0.2, -0.15) is 0 Å². The summed E-state index contributed by atoms with van der Waals surface area (Å²) in [6.07, 6.45) is 4.30. The molecule has 1 saturated heterocycles. The van der Waals surface area contributed by atoms with Crippen LogP contribution in [0.25, 0.3) is 0 Å². The fraction of sp³-hybridized carbons (Fsp3) is 0.571. The minimum atomic E-state index is -0.787. The number of methoxy groups -OCH3 is 1. The van der Waals surface area contributed by atoms with Crippen molar-refractivity contribution in [1.29, 1.82) is 0 Å². The van der Waals surface area contributed by atoms with E-state index in [4.69, 9.17) is 14.2 Å². The van der Waals surface area contributed by atoms with E-state index >= 15 is 0 Å². The standard InChI is InChI=1S/C14H19NO4/c1-3-19-12-8-11(9-15-10-12)13(16)14(17-2)4-6-18-7-5-14/h8-10H,3-7H2,1-2H3. The third kappa shape index (κ3) is 2.93. The molecule has 1 aromatic heterocycles. The molecule has 0 aliphatic carbocycles. The molecular formula is C14H19NO4. The van der Waals surface area contributed by atoms with Gasteiger partial charge in [0.1, 0.15) is 11.4 Å². The number of ketones is 1. The predicted octanol–water partition coefficient (Wildman–Crippen LogP) is 1.86. The maximum Gasteiger partial charge on any atom is 0.196 e. The molecule has 1 aromatic rings. The van der Waals surface area contributed by atoms with Crippen LogP contribution in [0.5, 0.6) is 5.75 Å². The van der Waals surface area contributed by atoms with Gasteiger partial charge in [0, 0.05) is 44.9 Å². The molecule has 1 aliphatic rings. The first-order valence-electron chi connectivity index (χ1n) is 6.47. The highest BCUT2D eigenvalue weighted by Crippen LogP contribution is 2.29. The van der Waals surface area contributed by atoms with Gasteiger partial charge in [0.05, 0.1) is 12.8 Å². The monoisotopic (exact) mass is 265 g/mol. The van der Waals surface area contributed by atoms with Gasteiger partial charge in [0.15, 0.2) is 5.78 Å². The van der Waals surface area contributed by atoms with Crippen LogP contribution >= 0.6 is 0 Å². The van der Waals surface area contributed by atoms with Gasteiger partial charge in [0.2, 0.25) is 0 Å². The maximum absolute atomic E-state index is 12.6. The zero-order valence-electron chi connectivity index (χ0n) is 11.3. The number of ether oxygens (including phenoxy) is 3. The number of hydrogen-bond acceptors (Lipinski definition) is 5. The molecule has 0 amide bonds. The highest BCUT2D eigenvalue weighted by atomic mass is 16.5. The maximum atomic E-state index is 12.6. The third-order valence-corrected chi connectivity index (χ3v) is 3.39. The molecule has 0 saturated carbocycles. The lowest BCUT2D eigenvalue weighted by atomic mass is 9.86. The molecule has 0 unspecified atom stereocenters. The van der Waals surface area contributed by atoms with Crippen LogP contribution in [0, 0.1) is 0 Å². The van der Waals surface area contributed by atoms with Crippen LogP contribution in [0.2, 0.25) is 0 Å². The molecule has 1 fully saturated rings. The molecule has 0 radical (unpaired) electrons. The summed E-state index contributed by atoms with van der Waals surface area (Å²) in [5.41, 5.74) is -0.264. The van der Waals surface area contributed by atoms with Gasteiger partial charge in [-0.25, -0.2) is 0 Å². The summed E-state index contributed by atoms with van der Waals surface area (Å²) in [5, 5.41) is 0. The van der Waals surface area contributed by atoms with E-state index in [0.717, 1.165) is 0 Å². The van der Waals surface area contributed by atoms with Gasteiger partial charge in [-0.3, -0.25) is 9.78 Å². The zero-order chi connectivity index (χ0) is 13.7. The molecule has 2 rings (SSSR count). The number of rotatable bonds is 5. The number of pyridine rings is 1. The van der Waals surface area contributed by atoms with Gasteiger partial charge < -0.3 is 14.2 Å². The minimum absolute atomic E-state index is 0.0487. The Balaban J connectivity index is 2.24. The van der Waals surface area contributed by atoms with Gasteiger partial charge in [0.25, 0.3) is 0 Å². The van der Waals surface area contributed by atoms with Crippen LogP contribution in [0.3, 0.4) is 0 Å². The summed E-state index contributed by atoms with van der Waals surface area (Å²) in [6.45, 7) is 3.52. The molecule has 19 heavy (non-hydrogen) atoms. The van der Waals surface area contributed by atoms with Crippen LogP contribution in [-0.4, -0.2) is 43.3 Å². The molecule has 2 heterocycles. The minimum Gasteiger partial charge on any atom is -0.492 e. The first-order valence-corrected chi connectivity index (χ1v) is 6.47. The molecule has 5 nitrogen and oxygen atoms in total. The lowest BCUT2D eigenvalue weighted by Gasteiger charge is -2.34. The van der Waals surface area contributed by atoms with Gasteiger partial charge in [-0.15, -0.1) is 0 Å². The quantitative estimate of drug-likeness (QED) is 0.760. The van der Waals surface area contributed by atoms with Crippen molar-refractivity contribution in [2.24, 2.45) is 0 Å². The van der Waals surface area contributed by atoms with Crippen molar-refractivity contribution in [3.05, 3.63) is 24.0 Å². The Hall–Kier alpha value is -1.46. The molecule has 0 N–H and O–H groups in total. The summed E-state index contributed by atoms with van der Waals surface area (Å²) in [7, 11) is 1.57. The van der Waals surface area contributed by atoms with E-state index < -0.39 is 5.60 Å². The van der Waals surface area contributed by atoms with Crippen molar-refractivity contribution in [1.82, 2.24) is 4.98 Å². The van der Waals surface area contributed by atoms with E-state index in [-0.39, 0.29) is 5.78 Å². The molecule has 1 aliphatic heterocycles. The summed E-state index contributed by atoms with van der Waals surface area (Å²) >= 11 is 0. The number of aromatic nitrogens is 1. The van der Waals surface area contributed by atoms with E-state index in [2.05, 4.69) is 4.98 Å². The zero-order valence-corrected chi connectivity index (χ0v) is 11.3. The van der Waals surface area contributed by atoms with Crippen LogP contribution in [-0.2, 0) is 9.47 Å². The average molecular weight is 265 g/mol. The second-order valence-electron chi connectivity index (χ2n) is 4.48. The van der Waals surface area contributed by atoms with Crippen LogP contribution < -0.4 is 4.74 Å². The average Bonchev–Trinajstić information content (AvgIpc) is 2.48. The molecular weight excluding hydrogens is 246 g/mol. The highest BCUT2D eigenvalue weighted by molar-refractivity contribution is 6.02. The number of carbonyl (C=O) groups excluding carboxylic acids is 1. The summed E-state index contributed by atoms with van der Waals surface area (Å²) in [6, 6.07) is 1.72. The van der Waals surface area contributed by atoms with Crippen molar-refractivity contribution in [2.45, 2.75) is 25.4 Å². The van der Waals surface area contributed by atoms with Crippen molar-refractivity contribution < 1.29 is 19.0 Å². The highest BCUT2D eigenvalue weighted by Gasteiger charge is 2.40.